The van der Waals surface area contributed by atoms with Crippen LogP contribution in [-0.2, 0) is 36.8 Å². The van der Waals surface area contributed by atoms with Crippen molar-refractivity contribution in [3.05, 3.63) is 48.0 Å². The summed E-state index contributed by atoms with van der Waals surface area (Å²) >= 11 is 0. The van der Waals surface area contributed by atoms with E-state index in [2.05, 4.69) is 30.9 Å². The third kappa shape index (κ3) is 11.5. The Morgan fingerprint density at radius 1 is 0.905 bits per heavy atom. The minimum Gasteiger partial charge on any atom is -0.508 e. The summed E-state index contributed by atoms with van der Waals surface area (Å²) < 4.78 is 0. The van der Waals surface area contributed by atoms with Gasteiger partial charge in [-0.25, -0.2) is 9.78 Å². The monoisotopic (exact) mass is 589 g/mol. The first kappa shape index (κ1) is 33.0. The van der Waals surface area contributed by atoms with Crippen molar-refractivity contribution < 1.29 is 39.3 Å². The highest BCUT2D eigenvalue weighted by molar-refractivity contribution is 5.95. The summed E-state index contributed by atoms with van der Waals surface area (Å²) in [5.74, 6) is -5.69. The first-order valence-corrected chi connectivity index (χ1v) is 12.8. The van der Waals surface area contributed by atoms with Gasteiger partial charge in [0.15, 0.2) is 5.96 Å². The Morgan fingerprint density at radius 2 is 1.52 bits per heavy atom. The molecule has 228 valence electrons. The van der Waals surface area contributed by atoms with Gasteiger partial charge in [0.25, 0.3) is 0 Å². The van der Waals surface area contributed by atoms with Gasteiger partial charge in [-0.15, -0.1) is 0 Å². The normalized spacial score (nSPS) is 13.5. The second-order valence-corrected chi connectivity index (χ2v) is 9.33. The zero-order valence-electron chi connectivity index (χ0n) is 22.5. The molecule has 0 aliphatic rings. The lowest BCUT2D eigenvalue weighted by Crippen LogP contribution is -2.58. The second kappa shape index (κ2) is 16.2. The molecule has 17 heteroatoms. The molecule has 0 fully saturated rings. The van der Waals surface area contributed by atoms with E-state index >= 15 is 0 Å². The number of H-pyrrole nitrogens is 1. The predicted octanol–water partition coefficient (Wildman–Crippen LogP) is -2.70. The topological polar surface area (TPSA) is 301 Å². The third-order valence-electron chi connectivity index (χ3n) is 5.92. The lowest BCUT2D eigenvalue weighted by atomic mass is 10.0. The largest absolute Gasteiger partial charge is 0.508 e. The SMILES string of the molecule is NC(N)=NCCCC(N)C(=O)NC(Cc1ccc(O)cc1)C(=O)NC(CC(=O)O)C(=O)NC(Cc1cnc[nH]1)C(=O)O. The Hall–Kier alpha value is -5.19. The van der Waals surface area contributed by atoms with Crippen molar-refractivity contribution in [3.63, 3.8) is 0 Å². The average molecular weight is 590 g/mol. The summed E-state index contributed by atoms with van der Waals surface area (Å²) in [5.41, 5.74) is 17.4. The Balaban J connectivity index is 2.19. The van der Waals surface area contributed by atoms with Crippen LogP contribution in [-0.4, -0.2) is 91.6 Å². The number of aromatic nitrogens is 2. The average Bonchev–Trinajstić information content (AvgIpc) is 3.43. The van der Waals surface area contributed by atoms with Crippen molar-refractivity contribution >= 4 is 35.6 Å². The van der Waals surface area contributed by atoms with Gasteiger partial charge in [0, 0.05) is 31.3 Å². The fraction of sp³-hybridized carbons (Fsp3) is 0.400. The Morgan fingerprint density at radius 3 is 2.10 bits per heavy atom. The molecule has 13 N–H and O–H groups in total. The highest BCUT2D eigenvalue weighted by Gasteiger charge is 2.32. The summed E-state index contributed by atoms with van der Waals surface area (Å²) in [5, 5.41) is 35.5. The van der Waals surface area contributed by atoms with E-state index in [1.54, 1.807) is 0 Å². The molecule has 2 aromatic rings. The van der Waals surface area contributed by atoms with Crippen molar-refractivity contribution in [3.8, 4) is 5.75 Å². The lowest BCUT2D eigenvalue weighted by Gasteiger charge is -2.24. The zero-order valence-corrected chi connectivity index (χ0v) is 22.5. The molecule has 1 aromatic carbocycles. The number of aliphatic imine (C=N–C) groups is 1. The standard InChI is InChI=1S/C25H35N9O8/c26-16(2-1-7-30-25(27)28)21(38)32-17(8-13-3-5-15(35)6-4-13)22(39)33-18(10-20(36)37)23(40)34-19(24(41)42)9-14-11-29-12-31-14/h3-6,11-12,16-19,35H,1-2,7-10,26H2,(H,29,31)(H,32,38)(H,33,39)(H,34,40)(H,36,37)(H,41,42)(H4,27,28,30). The van der Waals surface area contributed by atoms with E-state index in [4.69, 9.17) is 17.2 Å². The molecule has 1 aromatic heterocycles. The summed E-state index contributed by atoms with van der Waals surface area (Å²) in [6.07, 6.45) is 2.05. The Kier molecular flexibility index (Phi) is 12.7. The van der Waals surface area contributed by atoms with Crippen LogP contribution in [0.5, 0.6) is 5.75 Å². The van der Waals surface area contributed by atoms with E-state index in [-0.39, 0.29) is 37.5 Å². The van der Waals surface area contributed by atoms with Crippen molar-refractivity contribution in [1.29, 1.82) is 0 Å². The molecule has 1 heterocycles. The number of phenolic OH excluding ortho intramolecular Hbond substituents is 1. The van der Waals surface area contributed by atoms with Gasteiger partial charge in [-0.2, -0.15) is 0 Å². The third-order valence-corrected chi connectivity index (χ3v) is 5.92. The van der Waals surface area contributed by atoms with Gasteiger partial charge < -0.3 is 53.5 Å². The number of nitrogens with zero attached hydrogens (tertiary/aromatic N) is 2. The van der Waals surface area contributed by atoms with E-state index in [1.165, 1.54) is 36.8 Å². The number of guanidine groups is 1. The number of carboxylic acids is 2. The first-order chi connectivity index (χ1) is 19.8. The maximum atomic E-state index is 13.3. The number of nitrogens with two attached hydrogens (primary N) is 3. The van der Waals surface area contributed by atoms with E-state index in [0.29, 0.717) is 17.7 Å². The van der Waals surface area contributed by atoms with Crippen LogP contribution < -0.4 is 33.2 Å². The molecular formula is C25H35N9O8. The number of amides is 3. The Labute approximate surface area is 240 Å². The fourth-order valence-electron chi connectivity index (χ4n) is 3.75. The number of aliphatic carboxylic acids is 2. The van der Waals surface area contributed by atoms with Gasteiger partial charge in [0.05, 0.1) is 18.8 Å². The molecule has 0 saturated carbocycles. The number of imidazole rings is 1. The highest BCUT2D eigenvalue weighted by Crippen LogP contribution is 2.12. The van der Waals surface area contributed by atoms with Crippen LogP contribution in [0.4, 0.5) is 0 Å². The Bertz CT molecular complexity index is 1250. The number of carbonyl (C=O) groups is 5. The van der Waals surface area contributed by atoms with E-state index in [0.717, 1.165) is 0 Å². The molecule has 0 spiro atoms. The van der Waals surface area contributed by atoms with Crippen molar-refractivity contribution in [2.45, 2.75) is 56.3 Å². The van der Waals surface area contributed by atoms with Crippen LogP contribution in [0.3, 0.4) is 0 Å². The molecule has 0 aliphatic carbocycles. The number of benzene rings is 1. The van der Waals surface area contributed by atoms with Crippen molar-refractivity contribution in [2.24, 2.45) is 22.2 Å². The van der Waals surface area contributed by atoms with Crippen LogP contribution in [0.25, 0.3) is 0 Å². The molecule has 0 aliphatic heterocycles. The minimum atomic E-state index is -1.69. The van der Waals surface area contributed by atoms with Gasteiger partial charge in [-0.1, -0.05) is 12.1 Å². The summed E-state index contributed by atoms with van der Waals surface area (Å²) in [6, 6.07) is 0.224. The van der Waals surface area contributed by atoms with Gasteiger partial charge >= 0.3 is 11.9 Å². The molecule has 0 radical (unpaired) electrons. The second-order valence-electron chi connectivity index (χ2n) is 9.33. The summed E-state index contributed by atoms with van der Waals surface area (Å²) in [4.78, 5) is 72.6. The molecule has 42 heavy (non-hydrogen) atoms. The maximum Gasteiger partial charge on any atom is 0.326 e. The molecule has 4 unspecified atom stereocenters. The number of carboxylic acid groups (broad SMARTS) is 2. The maximum absolute atomic E-state index is 13.3. The number of rotatable bonds is 17. The summed E-state index contributed by atoms with van der Waals surface area (Å²) in [7, 11) is 0. The zero-order chi connectivity index (χ0) is 31.2. The van der Waals surface area contributed by atoms with Crippen LogP contribution in [0.15, 0.2) is 41.8 Å². The lowest BCUT2D eigenvalue weighted by molar-refractivity contribution is -0.143. The van der Waals surface area contributed by atoms with Crippen LogP contribution >= 0.6 is 0 Å². The molecule has 17 nitrogen and oxygen atoms in total. The number of phenols is 1. The van der Waals surface area contributed by atoms with Crippen LogP contribution in [0, 0.1) is 0 Å². The molecule has 4 atom stereocenters. The van der Waals surface area contributed by atoms with Gasteiger partial charge in [-0.3, -0.25) is 24.2 Å². The highest BCUT2D eigenvalue weighted by atomic mass is 16.4. The summed E-state index contributed by atoms with van der Waals surface area (Å²) in [6.45, 7) is 0.227. The number of aromatic hydroxyl groups is 1. The molecular weight excluding hydrogens is 554 g/mol. The van der Waals surface area contributed by atoms with Crippen molar-refractivity contribution in [2.75, 3.05) is 6.54 Å². The quantitative estimate of drug-likeness (QED) is 0.0512. The van der Waals surface area contributed by atoms with E-state index < -0.39 is 60.2 Å². The van der Waals surface area contributed by atoms with E-state index in [9.17, 15) is 39.3 Å². The smallest absolute Gasteiger partial charge is 0.326 e. The van der Waals surface area contributed by atoms with Crippen molar-refractivity contribution in [1.82, 2.24) is 25.9 Å². The van der Waals surface area contributed by atoms with Crippen LogP contribution in [0.2, 0.25) is 0 Å². The van der Waals surface area contributed by atoms with Gasteiger partial charge in [0.2, 0.25) is 17.7 Å². The van der Waals surface area contributed by atoms with Gasteiger partial charge in [0.1, 0.15) is 23.9 Å². The predicted molar refractivity (Wildman–Crippen MR) is 148 cm³/mol. The molecule has 2 rings (SSSR count). The number of carbonyl (C=O) groups excluding carboxylic acids is 3. The molecule has 0 bridgehead atoms. The molecule has 0 saturated heterocycles. The van der Waals surface area contributed by atoms with Crippen LogP contribution in [0.1, 0.15) is 30.5 Å². The van der Waals surface area contributed by atoms with Gasteiger partial charge in [-0.05, 0) is 30.5 Å². The number of nitrogens with one attached hydrogen (secondary N) is 4. The number of hydrogen-bond donors (Lipinski definition) is 10. The van der Waals surface area contributed by atoms with E-state index in [1.807, 2.05) is 0 Å². The number of hydrogen-bond acceptors (Lipinski definition) is 9. The molecule has 3 amide bonds. The fourth-order valence-corrected chi connectivity index (χ4v) is 3.75. The minimum absolute atomic E-state index is 0.0344. The number of aromatic amines is 1. The first-order valence-electron chi connectivity index (χ1n) is 12.8.